The summed E-state index contributed by atoms with van der Waals surface area (Å²) in [5.74, 6) is -0.642. The summed E-state index contributed by atoms with van der Waals surface area (Å²) in [6.45, 7) is 5.10. The number of carbonyl (C=O) groups excluding carboxylic acids is 1. The first-order valence-electron chi connectivity index (χ1n) is 6.78. The highest BCUT2D eigenvalue weighted by atomic mass is 16.6. The van der Waals surface area contributed by atoms with Gasteiger partial charge in [0.05, 0.1) is 21.8 Å². The molecular weight excluding hydrogens is 270 g/mol. The van der Waals surface area contributed by atoms with Crippen molar-refractivity contribution < 1.29 is 14.5 Å². The van der Waals surface area contributed by atoms with E-state index in [9.17, 15) is 14.9 Å². The van der Waals surface area contributed by atoms with Crippen LogP contribution in [0.4, 0.5) is 5.69 Å². The molecule has 5 nitrogen and oxygen atoms in total. The molecule has 0 aliphatic carbocycles. The van der Waals surface area contributed by atoms with Gasteiger partial charge in [-0.2, -0.15) is 0 Å². The van der Waals surface area contributed by atoms with E-state index in [1.807, 2.05) is 12.1 Å². The molecule has 0 N–H and O–H groups in total. The maximum Gasteiger partial charge on any atom is 0.308 e. The predicted octanol–water partition coefficient (Wildman–Crippen LogP) is 4.01. The minimum Gasteiger partial charge on any atom is -0.457 e. The van der Waals surface area contributed by atoms with E-state index in [-0.39, 0.29) is 17.6 Å². The Bertz CT molecular complexity index is 694. The molecule has 0 saturated heterocycles. The third-order valence-electron chi connectivity index (χ3n) is 3.32. The van der Waals surface area contributed by atoms with Crippen molar-refractivity contribution in [2.75, 3.05) is 0 Å². The number of ether oxygens (including phenoxy) is 1. The minimum absolute atomic E-state index is 0.00263. The number of hydrogen-bond acceptors (Lipinski definition) is 4. The van der Waals surface area contributed by atoms with E-state index in [1.54, 1.807) is 45.0 Å². The topological polar surface area (TPSA) is 69.4 Å². The molecule has 2 aromatic carbocycles. The SMILES string of the molecule is CC(C)C(=O)OC(C)c1ccc2ccccc2c1[N+](=O)[O-]. The van der Waals surface area contributed by atoms with Gasteiger partial charge in [-0.3, -0.25) is 14.9 Å². The summed E-state index contributed by atoms with van der Waals surface area (Å²) in [4.78, 5) is 22.7. The second-order valence-corrected chi connectivity index (χ2v) is 5.22. The van der Waals surface area contributed by atoms with Gasteiger partial charge in [-0.05, 0) is 24.4 Å². The van der Waals surface area contributed by atoms with Gasteiger partial charge < -0.3 is 4.74 Å². The molecule has 2 rings (SSSR count). The zero-order valence-electron chi connectivity index (χ0n) is 12.2. The summed E-state index contributed by atoms with van der Waals surface area (Å²) < 4.78 is 5.29. The normalized spacial score (nSPS) is 12.4. The highest BCUT2D eigenvalue weighted by Gasteiger charge is 2.25. The van der Waals surface area contributed by atoms with E-state index < -0.39 is 11.0 Å². The molecule has 1 atom stereocenters. The number of carbonyl (C=O) groups is 1. The Morgan fingerprint density at radius 2 is 1.81 bits per heavy atom. The zero-order chi connectivity index (χ0) is 15.6. The first-order valence-corrected chi connectivity index (χ1v) is 6.78. The average molecular weight is 287 g/mol. The van der Waals surface area contributed by atoms with Gasteiger partial charge in [0.25, 0.3) is 5.69 Å². The molecule has 0 heterocycles. The van der Waals surface area contributed by atoms with Crippen LogP contribution < -0.4 is 0 Å². The number of benzene rings is 2. The van der Waals surface area contributed by atoms with Gasteiger partial charge in [0.15, 0.2) is 0 Å². The molecule has 0 spiro atoms. The number of rotatable bonds is 4. The molecule has 1 unspecified atom stereocenters. The Kier molecular flexibility index (Phi) is 4.21. The lowest BCUT2D eigenvalue weighted by Crippen LogP contribution is -2.15. The zero-order valence-corrected chi connectivity index (χ0v) is 12.2. The van der Waals surface area contributed by atoms with Crippen LogP contribution in [-0.2, 0) is 9.53 Å². The molecule has 2 aromatic rings. The third kappa shape index (κ3) is 3.02. The average Bonchev–Trinajstić information content (AvgIpc) is 2.45. The standard InChI is InChI=1S/C16H17NO4/c1-10(2)16(18)21-11(3)13-9-8-12-6-4-5-7-14(12)15(13)17(19)20/h4-11H,1-3H3. The Labute approximate surface area is 122 Å². The van der Waals surface area contributed by atoms with E-state index in [0.29, 0.717) is 10.9 Å². The fourth-order valence-corrected chi connectivity index (χ4v) is 2.18. The van der Waals surface area contributed by atoms with Crippen molar-refractivity contribution >= 4 is 22.4 Å². The second-order valence-electron chi connectivity index (χ2n) is 5.22. The Balaban J connectivity index is 2.51. The van der Waals surface area contributed by atoms with Gasteiger partial charge in [0, 0.05) is 0 Å². The quantitative estimate of drug-likeness (QED) is 0.484. The van der Waals surface area contributed by atoms with Crippen LogP contribution in [0, 0.1) is 16.0 Å². The van der Waals surface area contributed by atoms with Crippen LogP contribution >= 0.6 is 0 Å². The van der Waals surface area contributed by atoms with Gasteiger partial charge in [-0.25, -0.2) is 0 Å². The fraction of sp³-hybridized carbons (Fsp3) is 0.312. The molecule has 5 heteroatoms. The molecule has 0 radical (unpaired) electrons. The van der Waals surface area contributed by atoms with E-state index in [1.165, 1.54) is 0 Å². The molecule has 110 valence electrons. The van der Waals surface area contributed by atoms with Crippen LogP contribution in [0.5, 0.6) is 0 Å². The molecule has 0 aliphatic heterocycles. The monoisotopic (exact) mass is 287 g/mol. The van der Waals surface area contributed by atoms with Crippen molar-refractivity contribution in [2.45, 2.75) is 26.9 Å². The summed E-state index contributed by atoms with van der Waals surface area (Å²) >= 11 is 0. The molecule has 0 bridgehead atoms. The summed E-state index contributed by atoms with van der Waals surface area (Å²) in [6, 6.07) is 10.6. The predicted molar refractivity (Wildman–Crippen MR) is 79.9 cm³/mol. The first-order chi connectivity index (χ1) is 9.91. The molecule has 0 saturated carbocycles. The van der Waals surface area contributed by atoms with E-state index >= 15 is 0 Å². The van der Waals surface area contributed by atoms with Crippen molar-refractivity contribution in [3.8, 4) is 0 Å². The van der Waals surface area contributed by atoms with E-state index in [4.69, 9.17) is 4.74 Å². The molecule has 0 aliphatic rings. The lowest BCUT2D eigenvalue weighted by Gasteiger charge is -2.16. The third-order valence-corrected chi connectivity index (χ3v) is 3.32. The highest BCUT2D eigenvalue weighted by Crippen LogP contribution is 2.34. The maximum absolute atomic E-state index is 11.7. The van der Waals surface area contributed by atoms with Crippen molar-refractivity contribution in [1.82, 2.24) is 0 Å². The molecular formula is C16H17NO4. The Hall–Kier alpha value is -2.43. The second kappa shape index (κ2) is 5.91. The Morgan fingerprint density at radius 3 is 2.43 bits per heavy atom. The van der Waals surface area contributed by atoms with Crippen LogP contribution in [0.3, 0.4) is 0 Å². The molecule has 0 fully saturated rings. The van der Waals surface area contributed by atoms with Gasteiger partial charge >= 0.3 is 5.97 Å². The van der Waals surface area contributed by atoms with Crippen molar-refractivity contribution in [2.24, 2.45) is 5.92 Å². The summed E-state index contributed by atoms with van der Waals surface area (Å²) in [5.41, 5.74) is 0.407. The lowest BCUT2D eigenvalue weighted by molar-refractivity contribution is -0.384. The number of nitro benzene ring substituents is 1. The van der Waals surface area contributed by atoms with Gasteiger partial charge in [0.2, 0.25) is 0 Å². The summed E-state index contributed by atoms with van der Waals surface area (Å²) in [5, 5.41) is 12.8. The number of nitro groups is 1. The molecule has 0 aromatic heterocycles. The fourth-order valence-electron chi connectivity index (χ4n) is 2.18. The first kappa shape index (κ1) is 15.0. The summed E-state index contributed by atoms with van der Waals surface area (Å²) in [7, 11) is 0. The minimum atomic E-state index is -0.662. The molecule has 0 amide bonds. The van der Waals surface area contributed by atoms with Gasteiger partial charge in [-0.15, -0.1) is 0 Å². The van der Waals surface area contributed by atoms with Crippen LogP contribution in [0.1, 0.15) is 32.4 Å². The van der Waals surface area contributed by atoms with E-state index in [0.717, 1.165) is 5.39 Å². The van der Waals surface area contributed by atoms with Crippen LogP contribution in [-0.4, -0.2) is 10.9 Å². The summed E-state index contributed by atoms with van der Waals surface area (Å²) in [6.07, 6.45) is -0.662. The number of fused-ring (bicyclic) bond motifs is 1. The van der Waals surface area contributed by atoms with Crippen LogP contribution in [0.2, 0.25) is 0 Å². The maximum atomic E-state index is 11.7. The van der Waals surface area contributed by atoms with Gasteiger partial charge in [0.1, 0.15) is 6.10 Å². The highest BCUT2D eigenvalue weighted by molar-refractivity contribution is 5.92. The van der Waals surface area contributed by atoms with Crippen LogP contribution in [0.25, 0.3) is 10.8 Å². The number of esters is 1. The van der Waals surface area contributed by atoms with Crippen molar-refractivity contribution in [3.63, 3.8) is 0 Å². The van der Waals surface area contributed by atoms with Gasteiger partial charge in [-0.1, -0.05) is 38.1 Å². The smallest absolute Gasteiger partial charge is 0.308 e. The van der Waals surface area contributed by atoms with Crippen molar-refractivity contribution in [1.29, 1.82) is 0 Å². The largest absolute Gasteiger partial charge is 0.457 e. The van der Waals surface area contributed by atoms with Crippen molar-refractivity contribution in [3.05, 3.63) is 52.1 Å². The number of nitrogens with zero attached hydrogens (tertiary/aromatic N) is 1. The molecule has 21 heavy (non-hydrogen) atoms. The lowest BCUT2D eigenvalue weighted by atomic mass is 10.0. The van der Waals surface area contributed by atoms with E-state index in [2.05, 4.69) is 0 Å². The number of hydrogen-bond donors (Lipinski definition) is 0. The Morgan fingerprint density at radius 1 is 1.14 bits per heavy atom. The van der Waals surface area contributed by atoms with Crippen LogP contribution in [0.15, 0.2) is 36.4 Å².